The number of hydrogen-bond donors (Lipinski definition) is 1. The summed E-state index contributed by atoms with van der Waals surface area (Å²) in [6, 6.07) is 12.7. The van der Waals surface area contributed by atoms with Crippen molar-refractivity contribution in [1.29, 1.82) is 0 Å². The van der Waals surface area contributed by atoms with E-state index in [-0.39, 0.29) is 0 Å². The Bertz CT molecular complexity index is 395. The van der Waals surface area contributed by atoms with Crippen LogP contribution in [0.5, 0.6) is 0 Å². The smallest absolute Gasteiger partial charge is 0.0485 e. The van der Waals surface area contributed by atoms with Crippen molar-refractivity contribution in [1.82, 2.24) is 0 Å². The van der Waals surface area contributed by atoms with Crippen molar-refractivity contribution in [3.63, 3.8) is 0 Å². The number of benzene rings is 2. The molecule has 0 aliphatic carbocycles. The van der Waals surface area contributed by atoms with Gasteiger partial charge in [0.2, 0.25) is 0 Å². The van der Waals surface area contributed by atoms with Gasteiger partial charge < -0.3 is 5.32 Å². The molecule has 3 rings (SSSR count). The highest BCUT2D eigenvalue weighted by atomic mass is 14.9. The van der Waals surface area contributed by atoms with E-state index in [0.717, 1.165) is 0 Å². The Morgan fingerprint density at radius 3 is 2.00 bits per heavy atom. The monoisotopic (exact) mass is 141 g/mol. The van der Waals surface area contributed by atoms with E-state index in [1.807, 2.05) is 0 Å². The van der Waals surface area contributed by atoms with Crippen molar-refractivity contribution < 1.29 is 0 Å². The summed E-state index contributed by atoms with van der Waals surface area (Å²) in [5.74, 6) is 0. The lowest BCUT2D eigenvalue weighted by Gasteiger charge is -2.21. The van der Waals surface area contributed by atoms with Crippen LogP contribution in [0.2, 0.25) is 0 Å². The number of nitrogens with one attached hydrogen (secondary N) is 1. The molecule has 0 spiro atoms. The standard InChI is InChI=1S/C10H7N/c1-3-7-4-2-6-9-10(7)8(5-1)11-9/h1-6,11H. The summed E-state index contributed by atoms with van der Waals surface area (Å²) in [4.78, 5) is 0. The lowest BCUT2D eigenvalue weighted by atomic mass is 10.0. The third-order valence-electron chi connectivity index (χ3n) is 2.17. The summed E-state index contributed by atoms with van der Waals surface area (Å²) in [6.45, 7) is 0. The molecule has 11 heavy (non-hydrogen) atoms. The average molecular weight is 141 g/mol. The molecule has 0 amide bonds. The van der Waals surface area contributed by atoms with Gasteiger partial charge in [-0.05, 0) is 17.5 Å². The van der Waals surface area contributed by atoms with E-state index in [1.54, 1.807) is 0 Å². The second kappa shape index (κ2) is 1.56. The minimum Gasteiger partial charge on any atom is -0.354 e. The molecule has 1 heterocycles. The first-order valence-electron chi connectivity index (χ1n) is 3.74. The van der Waals surface area contributed by atoms with E-state index in [9.17, 15) is 0 Å². The zero-order valence-electron chi connectivity index (χ0n) is 5.96. The first kappa shape index (κ1) is 5.19. The molecule has 1 aliphatic rings. The molecule has 0 radical (unpaired) electrons. The van der Waals surface area contributed by atoms with E-state index < -0.39 is 0 Å². The van der Waals surface area contributed by atoms with Gasteiger partial charge >= 0.3 is 0 Å². The zero-order valence-corrected chi connectivity index (χ0v) is 5.96. The van der Waals surface area contributed by atoms with Gasteiger partial charge in [-0.2, -0.15) is 0 Å². The Hall–Kier alpha value is -1.50. The van der Waals surface area contributed by atoms with Crippen LogP contribution < -0.4 is 5.32 Å². The Labute approximate surface area is 64.7 Å². The molecule has 1 aliphatic heterocycles. The number of hydrogen-bond acceptors (Lipinski definition) is 1. The Morgan fingerprint density at radius 1 is 0.818 bits per heavy atom. The van der Waals surface area contributed by atoms with Crippen LogP contribution in [0.25, 0.3) is 10.8 Å². The van der Waals surface area contributed by atoms with Crippen molar-refractivity contribution in [3.8, 4) is 0 Å². The minimum absolute atomic E-state index is 1.26. The predicted molar refractivity (Wildman–Crippen MR) is 47.2 cm³/mol. The van der Waals surface area contributed by atoms with Crippen molar-refractivity contribution in [2.45, 2.75) is 0 Å². The van der Waals surface area contributed by atoms with Gasteiger partial charge in [0.15, 0.2) is 0 Å². The fourth-order valence-electron chi connectivity index (χ4n) is 1.63. The van der Waals surface area contributed by atoms with Crippen LogP contribution in [0, 0.1) is 0 Å². The van der Waals surface area contributed by atoms with Gasteiger partial charge in [0.25, 0.3) is 0 Å². The molecule has 1 N–H and O–H groups in total. The van der Waals surface area contributed by atoms with Gasteiger partial charge in [0.05, 0.1) is 0 Å². The van der Waals surface area contributed by atoms with Gasteiger partial charge in [-0.1, -0.05) is 24.3 Å². The highest BCUT2D eigenvalue weighted by Crippen LogP contribution is 2.40. The van der Waals surface area contributed by atoms with E-state index in [2.05, 4.69) is 41.7 Å². The van der Waals surface area contributed by atoms with Crippen LogP contribution in [-0.4, -0.2) is 0 Å². The summed E-state index contributed by atoms with van der Waals surface area (Å²) in [6.07, 6.45) is 0. The second-order valence-electron chi connectivity index (χ2n) is 2.83. The maximum atomic E-state index is 3.27. The van der Waals surface area contributed by atoms with Crippen LogP contribution in [-0.2, 0) is 0 Å². The summed E-state index contributed by atoms with van der Waals surface area (Å²) < 4.78 is 0. The molecule has 0 aromatic heterocycles. The van der Waals surface area contributed by atoms with Crippen LogP contribution in [0.3, 0.4) is 0 Å². The third kappa shape index (κ3) is 0.511. The summed E-state index contributed by atoms with van der Waals surface area (Å²) >= 11 is 0. The fourth-order valence-corrected chi connectivity index (χ4v) is 1.63. The number of rotatable bonds is 0. The van der Waals surface area contributed by atoms with Crippen LogP contribution in [0.15, 0.2) is 36.4 Å². The Kier molecular flexibility index (Phi) is 0.737. The fraction of sp³-hybridized carbons (Fsp3) is 0. The van der Waals surface area contributed by atoms with Crippen LogP contribution in [0.1, 0.15) is 0 Å². The Morgan fingerprint density at radius 2 is 1.45 bits per heavy atom. The quantitative estimate of drug-likeness (QED) is 0.507. The maximum absolute atomic E-state index is 3.27. The first-order chi connectivity index (χ1) is 5.45. The van der Waals surface area contributed by atoms with Gasteiger partial charge in [0.1, 0.15) is 0 Å². The zero-order chi connectivity index (χ0) is 7.26. The molecule has 0 saturated heterocycles. The van der Waals surface area contributed by atoms with Crippen molar-refractivity contribution in [2.75, 3.05) is 5.32 Å². The molecule has 52 valence electrons. The molecule has 0 fully saturated rings. The van der Waals surface area contributed by atoms with Crippen molar-refractivity contribution in [3.05, 3.63) is 36.4 Å². The molecule has 0 saturated carbocycles. The molecule has 0 bridgehead atoms. The van der Waals surface area contributed by atoms with Gasteiger partial charge in [-0.3, -0.25) is 0 Å². The largest absolute Gasteiger partial charge is 0.354 e. The third-order valence-corrected chi connectivity index (χ3v) is 2.17. The molecular formula is C10H7N. The van der Waals surface area contributed by atoms with Crippen LogP contribution in [0.4, 0.5) is 11.4 Å². The molecule has 0 unspecified atom stereocenters. The van der Waals surface area contributed by atoms with Crippen molar-refractivity contribution >= 4 is 22.1 Å². The predicted octanol–water partition coefficient (Wildman–Crippen LogP) is 2.90. The van der Waals surface area contributed by atoms with E-state index in [1.165, 1.54) is 22.1 Å². The van der Waals surface area contributed by atoms with Gasteiger partial charge in [-0.15, -0.1) is 0 Å². The van der Waals surface area contributed by atoms with Crippen molar-refractivity contribution in [2.24, 2.45) is 0 Å². The normalized spacial score (nSPS) is 12.4. The van der Waals surface area contributed by atoms with Crippen LogP contribution >= 0.6 is 0 Å². The summed E-state index contributed by atoms with van der Waals surface area (Å²) in [5.41, 5.74) is 2.52. The molecule has 2 aromatic carbocycles. The lowest BCUT2D eigenvalue weighted by Crippen LogP contribution is -2.01. The molecule has 1 nitrogen and oxygen atoms in total. The maximum Gasteiger partial charge on any atom is 0.0485 e. The van der Waals surface area contributed by atoms with E-state index in [4.69, 9.17) is 0 Å². The average Bonchev–Trinajstić information content (AvgIpc) is 2.01. The highest BCUT2D eigenvalue weighted by molar-refractivity contribution is 6.12. The first-order valence-corrected chi connectivity index (χ1v) is 3.74. The van der Waals surface area contributed by atoms with Gasteiger partial charge in [-0.25, -0.2) is 0 Å². The molecule has 2 aromatic rings. The minimum atomic E-state index is 1.26. The van der Waals surface area contributed by atoms with E-state index in [0.29, 0.717) is 0 Å². The molecule has 0 atom stereocenters. The Balaban J connectivity index is 2.61. The van der Waals surface area contributed by atoms with Gasteiger partial charge in [0, 0.05) is 16.8 Å². The lowest BCUT2D eigenvalue weighted by molar-refractivity contribution is 1.55. The van der Waals surface area contributed by atoms with E-state index >= 15 is 0 Å². The number of anilines is 2. The topological polar surface area (TPSA) is 12.0 Å². The molecule has 1 heteroatoms. The summed E-state index contributed by atoms with van der Waals surface area (Å²) in [5, 5.41) is 5.99. The molecular weight excluding hydrogens is 134 g/mol. The highest BCUT2D eigenvalue weighted by Gasteiger charge is 2.13. The SMILES string of the molecule is c1cc2c3c(cccc3c1)N2. The second-order valence-corrected chi connectivity index (χ2v) is 2.83. The summed E-state index contributed by atoms with van der Waals surface area (Å²) in [7, 11) is 0.